The topological polar surface area (TPSA) is 56.1 Å². The van der Waals surface area contributed by atoms with Crippen molar-refractivity contribution in [3.05, 3.63) is 53.3 Å². The Kier molecular flexibility index (Phi) is 4.90. The van der Waals surface area contributed by atoms with Crippen molar-refractivity contribution in [3.63, 3.8) is 0 Å². The lowest BCUT2D eigenvalue weighted by Crippen LogP contribution is -2.37. The van der Waals surface area contributed by atoms with Gasteiger partial charge in [0.15, 0.2) is 4.96 Å². The summed E-state index contributed by atoms with van der Waals surface area (Å²) < 4.78 is 12.8. The summed E-state index contributed by atoms with van der Waals surface area (Å²) in [6.07, 6.45) is 5.85. The Bertz CT molecular complexity index is 852. The van der Waals surface area contributed by atoms with E-state index >= 15 is 0 Å². The van der Waals surface area contributed by atoms with Crippen LogP contribution in [0.25, 0.3) is 4.96 Å². The van der Waals surface area contributed by atoms with Gasteiger partial charge in [0.25, 0.3) is 5.91 Å². The molecule has 1 aromatic carbocycles. The highest BCUT2D eigenvalue weighted by molar-refractivity contribution is 7.15. The number of hydrogen-bond donors (Lipinski definition) is 0. The highest BCUT2D eigenvalue weighted by Crippen LogP contribution is 2.20. The second-order valence-corrected chi connectivity index (χ2v) is 7.26. The number of rotatable bonds is 6. The second-order valence-electron chi connectivity index (χ2n) is 6.39. The Morgan fingerprint density at radius 1 is 1.42 bits per heavy atom. The van der Waals surface area contributed by atoms with E-state index in [-0.39, 0.29) is 12.0 Å². The predicted molar refractivity (Wildman–Crippen MR) is 99.8 cm³/mol. The molecule has 3 aromatic rings. The van der Waals surface area contributed by atoms with Crippen LogP contribution < -0.4 is 4.74 Å². The maximum Gasteiger partial charge on any atom is 0.274 e. The lowest BCUT2D eigenvalue weighted by molar-refractivity contribution is 0.0503. The summed E-state index contributed by atoms with van der Waals surface area (Å²) in [4.78, 5) is 20.2. The van der Waals surface area contributed by atoms with E-state index in [0.717, 1.165) is 35.7 Å². The molecule has 0 aliphatic carbocycles. The van der Waals surface area contributed by atoms with Crippen molar-refractivity contribution in [2.45, 2.75) is 25.5 Å². The molecular formula is C19H21N3O3S. The molecule has 26 heavy (non-hydrogen) atoms. The number of nitrogens with zero attached hydrogens (tertiary/aromatic N) is 3. The van der Waals surface area contributed by atoms with Gasteiger partial charge < -0.3 is 14.4 Å². The van der Waals surface area contributed by atoms with E-state index in [1.165, 1.54) is 11.3 Å². The van der Waals surface area contributed by atoms with Crippen molar-refractivity contribution in [1.82, 2.24) is 14.3 Å². The van der Waals surface area contributed by atoms with Crippen LogP contribution >= 0.6 is 11.3 Å². The van der Waals surface area contributed by atoms with Crippen molar-refractivity contribution in [2.24, 2.45) is 0 Å². The smallest absolute Gasteiger partial charge is 0.274 e. The van der Waals surface area contributed by atoms with E-state index in [1.54, 1.807) is 13.3 Å². The zero-order valence-corrected chi connectivity index (χ0v) is 15.4. The molecule has 1 saturated heterocycles. The number of fused-ring (bicyclic) bond motifs is 1. The van der Waals surface area contributed by atoms with Gasteiger partial charge in [0.1, 0.15) is 11.4 Å². The van der Waals surface area contributed by atoms with Gasteiger partial charge in [0.05, 0.1) is 13.2 Å². The lowest BCUT2D eigenvalue weighted by Gasteiger charge is -2.25. The summed E-state index contributed by atoms with van der Waals surface area (Å²) in [6, 6.07) is 7.80. The number of methoxy groups -OCH3 is 1. The Balaban J connectivity index is 1.56. The van der Waals surface area contributed by atoms with Gasteiger partial charge in [0.2, 0.25) is 0 Å². The first-order chi connectivity index (χ1) is 12.7. The van der Waals surface area contributed by atoms with Crippen molar-refractivity contribution in [3.8, 4) is 5.75 Å². The molecule has 4 rings (SSSR count). The first-order valence-corrected chi connectivity index (χ1v) is 9.57. The van der Waals surface area contributed by atoms with E-state index in [2.05, 4.69) is 4.98 Å². The number of carbonyl (C=O) groups excluding carboxylic acids is 1. The van der Waals surface area contributed by atoms with E-state index < -0.39 is 0 Å². The fraction of sp³-hybridized carbons (Fsp3) is 0.368. The molecule has 136 valence electrons. The average Bonchev–Trinajstić information content (AvgIpc) is 3.38. The van der Waals surface area contributed by atoms with Gasteiger partial charge in [-0.3, -0.25) is 9.20 Å². The highest BCUT2D eigenvalue weighted by atomic mass is 32.1. The van der Waals surface area contributed by atoms with Crippen LogP contribution in [0.5, 0.6) is 5.75 Å². The molecule has 0 N–H and O–H groups in total. The molecule has 3 heterocycles. The highest BCUT2D eigenvalue weighted by Gasteiger charge is 2.25. The van der Waals surface area contributed by atoms with Crippen LogP contribution in [0, 0.1) is 0 Å². The zero-order valence-electron chi connectivity index (χ0n) is 14.6. The van der Waals surface area contributed by atoms with Crippen LogP contribution in [0.15, 0.2) is 42.0 Å². The second kappa shape index (κ2) is 7.47. The molecule has 1 amide bonds. The number of imidazole rings is 1. The minimum atomic E-state index is -0.0628. The first-order valence-electron chi connectivity index (χ1n) is 8.69. The van der Waals surface area contributed by atoms with Gasteiger partial charge in [-0.2, -0.15) is 0 Å². The van der Waals surface area contributed by atoms with E-state index in [4.69, 9.17) is 9.47 Å². The molecule has 0 unspecified atom stereocenters. The van der Waals surface area contributed by atoms with E-state index in [1.807, 2.05) is 45.1 Å². The summed E-state index contributed by atoms with van der Waals surface area (Å²) in [5, 5.41) is 1.96. The average molecular weight is 371 g/mol. The molecular weight excluding hydrogens is 350 g/mol. The number of carbonyl (C=O) groups is 1. The molecule has 1 fully saturated rings. The summed E-state index contributed by atoms with van der Waals surface area (Å²) in [6.45, 7) is 1.87. The van der Waals surface area contributed by atoms with Crippen LogP contribution in [0.1, 0.15) is 28.9 Å². The molecule has 1 atom stereocenters. The fourth-order valence-corrected chi connectivity index (χ4v) is 3.90. The minimum Gasteiger partial charge on any atom is -0.497 e. The number of thiazole rings is 1. The third kappa shape index (κ3) is 3.59. The van der Waals surface area contributed by atoms with Gasteiger partial charge >= 0.3 is 0 Å². The van der Waals surface area contributed by atoms with Gasteiger partial charge in [-0.25, -0.2) is 4.98 Å². The number of amides is 1. The van der Waals surface area contributed by atoms with Crippen molar-refractivity contribution in [1.29, 1.82) is 0 Å². The number of aromatic nitrogens is 2. The van der Waals surface area contributed by atoms with Crippen molar-refractivity contribution >= 4 is 22.2 Å². The fourth-order valence-electron chi connectivity index (χ4n) is 3.20. The zero-order chi connectivity index (χ0) is 17.9. The molecule has 6 nitrogen and oxygen atoms in total. The van der Waals surface area contributed by atoms with Crippen LogP contribution in [0.3, 0.4) is 0 Å². The first kappa shape index (κ1) is 17.1. The number of ether oxygens (including phenoxy) is 2. The van der Waals surface area contributed by atoms with E-state index in [0.29, 0.717) is 18.8 Å². The maximum atomic E-state index is 13.1. The largest absolute Gasteiger partial charge is 0.497 e. The van der Waals surface area contributed by atoms with Gasteiger partial charge in [-0.15, -0.1) is 11.3 Å². The summed E-state index contributed by atoms with van der Waals surface area (Å²) in [5.41, 5.74) is 1.53. The monoisotopic (exact) mass is 371 g/mol. The standard InChI is InChI=1S/C19H21N3O3S/c1-24-15-6-4-14(5-7-15)11-22(12-16-3-2-9-25-16)18(23)17-13-21-8-10-26-19(21)20-17/h4-8,10,13,16H,2-3,9,11-12H2,1H3/t16-/m0/s1. The van der Waals surface area contributed by atoms with Crippen LogP contribution in [-0.4, -0.2) is 46.6 Å². The van der Waals surface area contributed by atoms with Crippen molar-refractivity contribution in [2.75, 3.05) is 20.3 Å². The quantitative estimate of drug-likeness (QED) is 0.668. The Hall–Kier alpha value is -2.38. The minimum absolute atomic E-state index is 0.0628. The third-order valence-electron chi connectivity index (χ3n) is 4.58. The molecule has 0 spiro atoms. The number of benzene rings is 1. The molecule has 0 bridgehead atoms. The lowest BCUT2D eigenvalue weighted by atomic mass is 10.1. The normalized spacial score (nSPS) is 16.9. The summed E-state index contributed by atoms with van der Waals surface area (Å²) >= 11 is 1.52. The SMILES string of the molecule is COc1ccc(CN(C[C@@H]2CCCO2)C(=O)c2cn3ccsc3n2)cc1. The predicted octanol–water partition coefficient (Wildman–Crippen LogP) is 3.23. The van der Waals surface area contributed by atoms with Crippen LogP contribution in [0.4, 0.5) is 0 Å². The van der Waals surface area contributed by atoms with E-state index in [9.17, 15) is 4.79 Å². The van der Waals surface area contributed by atoms with Gasteiger partial charge in [-0.05, 0) is 30.5 Å². The molecule has 1 aliphatic heterocycles. The van der Waals surface area contributed by atoms with Crippen LogP contribution in [-0.2, 0) is 11.3 Å². The molecule has 7 heteroatoms. The third-order valence-corrected chi connectivity index (χ3v) is 5.35. The maximum absolute atomic E-state index is 13.1. The van der Waals surface area contributed by atoms with Crippen LogP contribution in [0.2, 0.25) is 0 Å². The molecule has 0 saturated carbocycles. The summed E-state index contributed by atoms with van der Waals surface area (Å²) in [7, 11) is 1.65. The Morgan fingerprint density at radius 3 is 2.96 bits per heavy atom. The van der Waals surface area contributed by atoms with Gasteiger partial charge in [-0.1, -0.05) is 12.1 Å². The molecule has 1 aliphatic rings. The summed E-state index contributed by atoms with van der Waals surface area (Å²) in [5.74, 6) is 0.743. The number of hydrogen-bond acceptors (Lipinski definition) is 5. The Labute approximate surface area is 156 Å². The molecule has 2 aromatic heterocycles. The Morgan fingerprint density at radius 2 is 2.27 bits per heavy atom. The van der Waals surface area contributed by atoms with Crippen molar-refractivity contribution < 1.29 is 14.3 Å². The molecule has 0 radical (unpaired) electrons. The van der Waals surface area contributed by atoms with Gasteiger partial charge in [0, 0.05) is 37.5 Å².